The van der Waals surface area contributed by atoms with Crippen LogP contribution in [0.5, 0.6) is 0 Å². The molecule has 1 aliphatic rings. The summed E-state index contributed by atoms with van der Waals surface area (Å²) < 4.78 is 4.70. The summed E-state index contributed by atoms with van der Waals surface area (Å²) in [6.07, 6.45) is 0. The first-order valence-electron chi connectivity index (χ1n) is 5.11. The van der Waals surface area contributed by atoms with Crippen LogP contribution >= 0.6 is 12.6 Å². The second kappa shape index (κ2) is 3.34. The quantitative estimate of drug-likeness (QED) is 0.440. The summed E-state index contributed by atoms with van der Waals surface area (Å²) in [4.78, 5) is 23.9. The molecular formula is C13H8O3S. The van der Waals surface area contributed by atoms with Gasteiger partial charge in [0, 0.05) is 10.3 Å². The number of thiol groups is 1. The zero-order valence-corrected chi connectivity index (χ0v) is 9.88. The van der Waals surface area contributed by atoms with Crippen molar-refractivity contribution in [3.63, 3.8) is 0 Å². The normalized spacial score (nSPS) is 14.0. The van der Waals surface area contributed by atoms with Crippen molar-refractivity contribution < 1.29 is 14.3 Å². The van der Waals surface area contributed by atoms with Gasteiger partial charge in [-0.25, -0.2) is 9.59 Å². The predicted molar refractivity (Wildman–Crippen MR) is 65.7 cm³/mol. The fourth-order valence-corrected chi connectivity index (χ4v) is 2.60. The minimum atomic E-state index is -0.622. The number of esters is 2. The minimum Gasteiger partial charge on any atom is -0.386 e. The van der Waals surface area contributed by atoms with E-state index in [2.05, 4.69) is 12.6 Å². The summed E-state index contributed by atoms with van der Waals surface area (Å²) in [7, 11) is 0. The van der Waals surface area contributed by atoms with E-state index in [1.165, 1.54) is 0 Å². The Labute approximate surface area is 103 Å². The second-order valence-electron chi connectivity index (χ2n) is 3.99. The fraction of sp³-hybridized carbons (Fsp3) is 0.0769. The molecule has 0 radical (unpaired) electrons. The van der Waals surface area contributed by atoms with Gasteiger partial charge in [0.2, 0.25) is 0 Å². The molecule has 0 fully saturated rings. The SMILES string of the molecule is Cc1cc(S)c2c3c(cccc13)C(=O)OC2=O. The molecule has 17 heavy (non-hydrogen) atoms. The lowest BCUT2D eigenvalue weighted by Gasteiger charge is -2.18. The van der Waals surface area contributed by atoms with E-state index in [1.807, 2.05) is 19.1 Å². The van der Waals surface area contributed by atoms with Gasteiger partial charge >= 0.3 is 11.9 Å². The van der Waals surface area contributed by atoms with Crippen LogP contribution in [0.15, 0.2) is 29.2 Å². The summed E-state index contributed by atoms with van der Waals surface area (Å²) >= 11 is 4.28. The third-order valence-electron chi connectivity index (χ3n) is 2.96. The summed E-state index contributed by atoms with van der Waals surface area (Å²) in [6, 6.07) is 7.13. The topological polar surface area (TPSA) is 43.4 Å². The average Bonchev–Trinajstić information content (AvgIpc) is 2.27. The molecule has 84 valence electrons. The number of aryl methyl sites for hydroxylation is 1. The molecule has 3 rings (SSSR count). The summed E-state index contributed by atoms with van der Waals surface area (Å²) in [5, 5.41) is 1.54. The van der Waals surface area contributed by atoms with Crippen molar-refractivity contribution in [3.05, 3.63) is 41.0 Å². The van der Waals surface area contributed by atoms with E-state index in [1.54, 1.807) is 12.1 Å². The first-order chi connectivity index (χ1) is 8.09. The molecule has 1 aliphatic heterocycles. The zero-order chi connectivity index (χ0) is 12.2. The number of ether oxygens (including phenoxy) is 1. The van der Waals surface area contributed by atoms with Crippen LogP contribution in [0.3, 0.4) is 0 Å². The first kappa shape index (κ1) is 10.4. The highest BCUT2D eigenvalue weighted by Crippen LogP contribution is 2.34. The molecular weight excluding hydrogens is 236 g/mol. The molecule has 1 heterocycles. The molecule has 0 aliphatic carbocycles. The summed E-state index contributed by atoms with van der Waals surface area (Å²) in [5.74, 6) is -1.21. The Bertz CT molecular complexity index is 689. The maximum absolute atomic E-state index is 11.7. The van der Waals surface area contributed by atoms with Crippen LogP contribution in [-0.4, -0.2) is 11.9 Å². The van der Waals surface area contributed by atoms with Crippen LogP contribution in [0.4, 0.5) is 0 Å². The standard InChI is InChI=1S/C13H8O3S/c1-6-5-9(17)11-10-7(6)3-2-4-8(10)12(14)16-13(11)15/h2-5,17H,1H3. The van der Waals surface area contributed by atoms with E-state index in [9.17, 15) is 9.59 Å². The Hall–Kier alpha value is -1.81. The maximum atomic E-state index is 11.7. The number of hydrogen-bond donors (Lipinski definition) is 1. The van der Waals surface area contributed by atoms with Crippen LogP contribution in [0.2, 0.25) is 0 Å². The van der Waals surface area contributed by atoms with E-state index < -0.39 is 11.9 Å². The monoisotopic (exact) mass is 244 g/mol. The van der Waals surface area contributed by atoms with Gasteiger partial charge in [-0.15, -0.1) is 12.6 Å². The van der Waals surface area contributed by atoms with Crippen molar-refractivity contribution in [2.75, 3.05) is 0 Å². The van der Waals surface area contributed by atoms with Crippen molar-refractivity contribution in [3.8, 4) is 0 Å². The Morgan fingerprint density at radius 1 is 1.18 bits per heavy atom. The van der Waals surface area contributed by atoms with Gasteiger partial charge in [0.25, 0.3) is 0 Å². The van der Waals surface area contributed by atoms with E-state index in [-0.39, 0.29) is 0 Å². The van der Waals surface area contributed by atoms with Crippen LogP contribution in [-0.2, 0) is 4.74 Å². The largest absolute Gasteiger partial charge is 0.386 e. The smallest absolute Gasteiger partial charge is 0.347 e. The summed E-state index contributed by atoms with van der Waals surface area (Å²) in [5.41, 5.74) is 1.79. The zero-order valence-electron chi connectivity index (χ0n) is 8.98. The number of benzene rings is 2. The first-order valence-corrected chi connectivity index (χ1v) is 5.56. The number of carbonyl (C=O) groups excluding carboxylic acids is 2. The Morgan fingerprint density at radius 3 is 2.71 bits per heavy atom. The highest BCUT2D eigenvalue weighted by molar-refractivity contribution is 7.80. The number of rotatable bonds is 0. The van der Waals surface area contributed by atoms with Gasteiger partial charge in [0.15, 0.2) is 0 Å². The van der Waals surface area contributed by atoms with E-state index in [0.717, 1.165) is 10.9 Å². The molecule has 2 aromatic rings. The molecule has 3 nitrogen and oxygen atoms in total. The lowest BCUT2D eigenvalue weighted by Crippen LogP contribution is -2.20. The van der Waals surface area contributed by atoms with Crippen molar-refractivity contribution >= 4 is 35.3 Å². The predicted octanol–water partition coefficient (Wildman–Crippen LogP) is 2.75. The van der Waals surface area contributed by atoms with Gasteiger partial charge in [-0.3, -0.25) is 0 Å². The molecule has 0 spiro atoms. The molecule has 0 saturated carbocycles. The number of hydrogen-bond acceptors (Lipinski definition) is 4. The molecule has 0 aromatic heterocycles. The fourth-order valence-electron chi connectivity index (χ4n) is 2.20. The van der Waals surface area contributed by atoms with Gasteiger partial charge < -0.3 is 4.74 Å². The van der Waals surface area contributed by atoms with Crippen molar-refractivity contribution in [2.24, 2.45) is 0 Å². The Morgan fingerprint density at radius 2 is 1.94 bits per heavy atom. The van der Waals surface area contributed by atoms with Gasteiger partial charge in [0.1, 0.15) is 0 Å². The highest BCUT2D eigenvalue weighted by Gasteiger charge is 2.29. The van der Waals surface area contributed by atoms with Gasteiger partial charge in [-0.2, -0.15) is 0 Å². The number of cyclic esters (lactones) is 2. The molecule has 0 N–H and O–H groups in total. The van der Waals surface area contributed by atoms with Crippen molar-refractivity contribution in [1.29, 1.82) is 0 Å². The van der Waals surface area contributed by atoms with Gasteiger partial charge in [-0.05, 0) is 30.0 Å². The summed E-state index contributed by atoms with van der Waals surface area (Å²) in [6.45, 7) is 1.92. The molecule has 0 unspecified atom stereocenters. The van der Waals surface area contributed by atoms with Crippen molar-refractivity contribution in [2.45, 2.75) is 11.8 Å². The van der Waals surface area contributed by atoms with Crippen LogP contribution < -0.4 is 0 Å². The van der Waals surface area contributed by atoms with Crippen LogP contribution in [0.1, 0.15) is 26.3 Å². The highest BCUT2D eigenvalue weighted by atomic mass is 32.1. The van der Waals surface area contributed by atoms with Crippen LogP contribution in [0, 0.1) is 6.92 Å². The van der Waals surface area contributed by atoms with Gasteiger partial charge in [-0.1, -0.05) is 12.1 Å². The molecule has 4 heteroatoms. The number of carbonyl (C=O) groups is 2. The Kier molecular flexibility index (Phi) is 2.03. The molecule has 0 amide bonds. The third-order valence-corrected chi connectivity index (χ3v) is 3.31. The van der Waals surface area contributed by atoms with Gasteiger partial charge in [0.05, 0.1) is 11.1 Å². The lowest BCUT2D eigenvalue weighted by molar-refractivity contribution is 0.0388. The molecule has 0 atom stereocenters. The third kappa shape index (κ3) is 1.31. The van der Waals surface area contributed by atoms with E-state index in [4.69, 9.17) is 4.74 Å². The second-order valence-corrected chi connectivity index (χ2v) is 4.47. The minimum absolute atomic E-state index is 0.379. The van der Waals surface area contributed by atoms with Crippen molar-refractivity contribution in [1.82, 2.24) is 0 Å². The van der Waals surface area contributed by atoms with Crippen LogP contribution in [0.25, 0.3) is 10.8 Å². The molecule has 0 saturated heterocycles. The Balaban J connectivity index is 2.61. The van der Waals surface area contributed by atoms with E-state index >= 15 is 0 Å². The lowest BCUT2D eigenvalue weighted by atomic mass is 9.94. The van der Waals surface area contributed by atoms with E-state index in [0.29, 0.717) is 21.4 Å². The molecule has 2 aromatic carbocycles. The average molecular weight is 244 g/mol. The maximum Gasteiger partial charge on any atom is 0.347 e. The molecule has 0 bridgehead atoms.